The molecule has 0 unspecified atom stereocenters. The summed E-state index contributed by atoms with van der Waals surface area (Å²) >= 11 is 1.27. The number of hydrogen-bond donors (Lipinski definition) is 2. The summed E-state index contributed by atoms with van der Waals surface area (Å²) in [6.07, 6.45) is 1.62. The highest BCUT2D eigenvalue weighted by atomic mass is 32.2. The van der Waals surface area contributed by atoms with Gasteiger partial charge in [-0.3, -0.25) is 9.69 Å². The van der Waals surface area contributed by atoms with Gasteiger partial charge in [0.05, 0.1) is 16.6 Å². The maximum atomic E-state index is 13.3. The fourth-order valence-corrected chi connectivity index (χ4v) is 4.25. The first-order chi connectivity index (χ1) is 14.5. The van der Waals surface area contributed by atoms with E-state index < -0.39 is 0 Å². The second-order valence-electron chi connectivity index (χ2n) is 6.85. The number of nitrogens with zero attached hydrogens (tertiary/aromatic N) is 2. The molecule has 30 heavy (non-hydrogen) atoms. The molecule has 2 N–H and O–H groups in total. The number of carbonyl (C=O) groups excluding carboxylic acids is 1. The molecule has 0 bridgehead atoms. The number of thioether (sulfide) groups is 1. The molecule has 0 radical (unpaired) electrons. The molecule has 6 heteroatoms. The summed E-state index contributed by atoms with van der Waals surface area (Å²) in [5, 5.41) is 20.2. The molecular formula is C24H20N2O3S. The number of para-hydroxylation sites is 1. The quantitative estimate of drug-likeness (QED) is 0.554. The van der Waals surface area contributed by atoms with Gasteiger partial charge in [-0.25, -0.2) is 4.99 Å². The minimum Gasteiger partial charge on any atom is -0.508 e. The summed E-state index contributed by atoms with van der Waals surface area (Å²) in [4.78, 5) is 20.2. The van der Waals surface area contributed by atoms with Crippen LogP contribution in [0.2, 0.25) is 0 Å². The van der Waals surface area contributed by atoms with Crippen molar-refractivity contribution in [3.8, 4) is 11.5 Å². The lowest BCUT2D eigenvalue weighted by Gasteiger charge is -2.24. The van der Waals surface area contributed by atoms with E-state index in [4.69, 9.17) is 4.99 Å². The molecule has 4 rings (SSSR count). The van der Waals surface area contributed by atoms with Crippen LogP contribution in [-0.2, 0) is 4.79 Å². The Balaban J connectivity index is 1.76. The van der Waals surface area contributed by atoms with Crippen LogP contribution in [0.3, 0.4) is 0 Å². The predicted octanol–water partition coefficient (Wildman–Crippen LogP) is 5.46. The molecule has 1 heterocycles. The van der Waals surface area contributed by atoms with Gasteiger partial charge in [0.25, 0.3) is 5.91 Å². The number of amides is 1. The first-order valence-corrected chi connectivity index (χ1v) is 10.3. The van der Waals surface area contributed by atoms with E-state index in [1.807, 2.05) is 67.6 Å². The maximum absolute atomic E-state index is 13.3. The van der Waals surface area contributed by atoms with E-state index >= 15 is 0 Å². The van der Waals surface area contributed by atoms with Crippen molar-refractivity contribution in [2.24, 2.45) is 4.99 Å². The van der Waals surface area contributed by atoms with Crippen molar-refractivity contribution in [2.75, 3.05) is 0 Å². The minimum absolute atomic E-state index is 0.0364. The van der Waals surface area contributed by atoms with Gasteiger partial charge in [0.1, 0.15) is 11.5 Å². The molecule has 0 saturated carbocycles. The molecule has 0 aliphatic carbocycles. The molecule has 1 amide bonds. The van der Waals surface area contributed by atoms with Crippen LogP contribution in [0, 0.1) is 0 Å². The molecule has 3 aromatic carbocycles. The zero-order chi connectivity index (χ0) is 21.1. The SMILES string of the molecule is C[C@H](c1ccccc1)N1C(=O)/C(=C\c2ccc(O)cc2O)SC1=Nc1ccccc1. The van der Waals surface area contributed by atoms with Crippen LogP contribution in [0.1, 0.15) is 24.1 Å². The molecule has 1 atom stereocenters. The smallest absolute Gasteiger partial charge is 0.267 e. The van der Waals surface area contributed by atoms with E-state index in [1.54, 1.807) is 17.0 Å². The van der Waals surface area contributed by atoms with Gasteiger partial charge in [0, 0.05) is 11.6 Å². The molecule has 150 valence electrons. The van der Waals surface area contributed by atoms with Crippen LogP contribution in [0.5, 0.6) is 11.5 Å². The molecule has 0 aromatic heterocycles. The Morgan fingerprint density at radius 2 is 1.63 bits per heavy atom. The highest BCUT2D eigenvalue weighted by molar-refractivity contribution is 8.18. The Bertz CT molecular complexity index is 1130. The third-order valence-electron chi connectivity index (χ3n) is 4.79. The van der Waals surface area contributed by atoms with Gasteiger partial charge < -0.3 is 10.2 Å². The predicted molar refractivity (Wildman–Crippen MR) is 121 cm³/mol. The van der Waals surface area contributed by atoms with Crippen LogP contribution in [0.4, 0.5) is 5.69 Å². The maximum Gasteiger partial charge on any atom is 0.267 e. The van der Waals surface area contributed by atoms with Gasteiger partial charge in [0.15, 0.2) is 5.17 Å². The van der Waals surface area contributed by atoms with Crippen LogP contribution in [0.15, 0.2) is 88.8 Å². The molecule has 1 fully saturated rings. The summed E-state index contributed by atoms with van der Waals surface area (Å²) in [5.74, 6) is -0.309. The number of phenols is 2. The fourth-order valence-electron chi connectivity index (χ4n) is 3.20. The molecule has 1 aliphatic heterocycles. The van der Waals surface area contributed by atoms with E-state index in [-0.39, 0.29) is 23.4 Å². The number of hydrogen-bond acceptors (Lipinski definition) is 5. The average Bonchev–Trinajstić information content (AvgIpc) is 3.05. The van der Waals surface area contributed by atoms with Gasteiger partial charge in [-0.05, 0) is 54.6 Å². The summed E-state index contributed by atoms with van der Waals surface area (Å²) in [6.45, 7) is 1.97. The summed E-state index contributed by atoms with van der Waals surface area (Å²) in [5.41, 5.74) is 2.21. The minimum atomic E-state index is -0.215. The second kappa shape index (κ2) is 8.47. The molecule has 0 spiro atoms. The lowest BCUT2D eigenvalue weighted by atomic mass is 10.1. The van der Waals surface area contributed by atoms with E-state index in [0.29, 0.717) is 15.6 Å². The van der Waals surface area contributed by atoms with Crippen molar-refractivity contribution in [1.29, 1.82) is 0 Å². The third-order valence-corrected chi connectivity index (χ3v) is 5.77. The third kappa shape index (κ3) is 4.09. The number of aromatic hydroxyl groups is 2. The Kier molecular flexibility index (Phi) is 5.59. The summed E-state index contributed by atoms with van der Waals surface area (Å²) in [6, 6.07) is 23.4. The van der Waals surface area contributed by atoms with Crippen molar-refractivity contribution in [3.05, 3.63) is 94.9 Å². The first kappa shape index (κ1) is 19.8. The van der Waals surface area contributed by atoms with E-state index in [0.717, 1.165) is 11.3 Å². The monoisotopic (exact) mass is 416 g/mol. The van der Waals surface area contributed by atoms with Gasteiger partial charge in [-0.2, -0.15) is 0 Å². The van der Waals surface area contributed by atoms with Gasteiger partial charge in [-0.15, -0.1) is 0 Å². The van der Waals surface area contributed by atoms with Crippen LogP contribution in [-0.4, -0.2) is 26.2 Å². The molecular weight excluding hydrogens is 396 g/mol. The summed E-state index contributed by atoms with van der Waals surface area (Å²) < 4.78 is 0. The largest absolute Gasteiger partial charge is 0.508 e. The zero-order valence-electron chi connectivity index (χ0n) is 16.3. The van der Waals surface area contributed by atoms with E-state index in [1.165, 1.54) is 23.9 Å². The van der Waals surface area contributed by atoms with Crippen molar-refractivity contribution in [1.82, 2.24) is 4.90 Å². The Morgan fingerprint density at radius 1 is 0.967 bits per heavy atom. The number of aliphatic imine (C=N–C) groups is 1. The Hall–Kier alpha value is -3.51. The Labute approximate surface area is 179 Å². The van der Waals surface area contributed by atoms with Gasteiger partial charge >= 0.3 is 0 Å². The molecule has 5 nitrogen and oxygen atoms in total. The van der Waals surface area contributed by atoms with Crippen molar-refractivity contribution >= 4 is 34.6 Å². The Morgan fingerprint density at radius 3 is 2.30 bits per heavy atom. The van der Waals surface area contributed by atoms with Crippen LogP contribution in [0.25, 0.3) is 6.08 Å². The van der Waals surface area contributed by atoms with Crippen LogP contribution < -0.4 is 0 Å². The van der Waals surface area contributed by atoms with E-state index in [2.05, 4.69) is 0 Å². The van der Waals surface area contributed by atoms with Crippen LogP contribution >= 0.6 is 11.8 Å². The fraction of sp³-hybridized carbons (Fsp3) is 0.0833. The van der Waals surface area contributed by atoms with Crippen molar-refractivity contribution in [3.63, 3.8) is 0 Å². The standard InChI is InChI=1S/C24H20N2O3S/c1-16(17-8-4-2-5-9-17)26-23(29)22(14-18-12-13-20(27)15-21(18)28)30-24(26)25-19-10-6-3-7-11-19/h2-16,27-28H,1H3/b22-14+,25-24?/t16-/m1/s1. The topological polar surface area (TPSA) is 73.1 Å². The zero-order valence-corrected chi connectivity index (χ0v) is 17.1. The highest BCUT2D eigenvalue weighted by Gasteiger charge is 2.37. The number of phenolic OH excluding ortho intramolecular Hbond substituents is 2. The average molecular weight is 417 g/mol. The lowest BCUT2D eigenvalue weighted by molar-refractivity contribution is -0.123. The summed E-state index contributed by atoms with van der Waals surface area (Å²) in [7, 11) is 0. The van der Waals surface area contributed by atoms with E-state index in [9.17, 15) is 15.0 Å². The first-order valence-electron chi connectivity index (χ1n) is 9.46. The van der Waals surface area contributed by atoms with Gasteiger partial charge in [-0.1, -0.05) is 48.5 Å². The highest BCUT2D eigenvalue weighted by Crippen LogP contribution is 2.40. The van der Waals surface area contributed by atoms with Gasteiger partial charge in [0.2, 0.25) is 0 Å². The van der Waals surface area contributed by atoms with Crippen molar-refractivity contribution < 1.29 is 15.0 Å². The number of carbonyl (C=O) groups is 1. The number of rotatable bonds is 4. The lowest BCUT2D eigenvalue weighted by Crippen LogP contribution is -2.32. The second-order valence-corrected chi connectivity index (χ2v) is 7.85. The number of amidine groups is 1. The number of benzene rings is 3. The normalized spacial score (nSPS) is 17.6. The van der Waals surface area contributed by atoms with Crippen molar-refractivity contribution in [2.45, 2.75) is 13.0 Å². The molecule has 3 aromatic rings. The molecule has 1 saturated heterocycles. The molecule has 1 aliphatic rings.